The van der Waals surface area contributed by atoms with Crippen LogP contribution in [0.2, 0.25) is 0 Å². The number of anilines is 1. The van der Waals surface area contributed by atoms with E-state index in [-0.39, 0.29) is 0 Å². The first-order chi connectivity index (χ1) is 8.56. The van der Waals surface area contributed by atoms with Crippen molar-refractivity contribution in [2.24, 2.45) is 0 Å². The summed E-state index contributed by atoms with van der Waals surface area (Å²) in [6.07, 6.45) is 0. The number of nitrogen functional groups attached to an aromatic ring is 1. The van der Waals surface area contributed by atoms with E-state index in [2.05, 4.69) is 22.6 Å². The fraction of sp³-hybridized carbons (Fsp3) is 0.143. The summed E-state index contributed by atoms with van der Waals surface area (Å²) in [6.45, 7) is 1.94. The van der Waals surface area contributed by atoms with Crippen molar-refractivity contribution in [3.63, 3.8) is 0 Å². The first kappa shape index (κ1) is 13.5. The Labute approximate surface area is 123 Å². The molecule has 0 fully saturated rings. The summed E-state index contributed by atoms with van der Waals surface area (Å²) in [5.74, 6) is 0.543. The Kier molecular flexibility index (Phi) is 4.40. The summed E-state index contributed by atoms with van der Waals surface area (Å²) in [6, 6.07) is 13.6. The van der Waals surface area contributed by atoms with Gasteiger partial charge in [-0.2, -0.15) is 0 Å². The molecule has 1 atom stereocenters. The topological polar surface area (TPSA) is 43.1 Å². The quantitative estimate of drug-likeness (QED) is 0.663. The summed E-state index contributed by atoms with van der Waals surface area (Å²) in [5, 5.41) is 0. The van der Waals surface area contributed by atoms with Crippen molar-refractivity contribution in [2.75, 3.05) is 5.73 Å². The van der Waals surface area contributed by atoms with Crippen molar-refractivity contribution in [3.05, 3.63) is 57.2 Å². The molecule has 2 N–H and O–H groups in total. The van der Waals surface area contributed by atoms with Crippen LogP contribution >= 0.6 is 22.6 Å². The zero-order valence-corrected chi connectivity index (χ0v) is 13.0. The molecule has 0 saturated carbocycles. The van der Waals surface area contributed by atoms with Crippen molar-refractivity contribution in [2.45, 2.75) is 17.6 Å². The van der Waals surface area contributed by atoms with Crippen molar-refractivity contribution >= 4 is 39.1 Å². The zero-order valence-electron chi connectivity index (χ0n) is 10.0. The largest absolute Gasteiger partial charge is 0.399 e. The van der Waals surface area contributed by atoms with E-state index >= 15 is 0 Å². The van der Waals surface area contributed by atoms with Gasteiger partial charge in [0, 0.05) is 14.2 Å². The van der Waals surface area contributed by atoms with Crippen molar-refractivity contribution < 1.29 is 4.21 Å². The Morgan fingerprint density at radius 2 is 1.83 bits per heavy atom. The van der Waals surface area contributed by atoms with Crippen LogP contribution < -0.4 is 5.73 Å². The number of hydrogen-bond donors (Lipinski definition) is 1. The fourth-order valence-electron chi connectivity index (χ4n) is 1.74. The predicted molar refractivity (Wildman–Crippen MR) is 84.9 cm³/mol. The minimum atomic E-state index is -1.02. The second kappa shape index (κ2) is 5.84. The lowest BCUT2D eigenvalue weighted by Gasteiger charge is -2.07. The molecule has 0 aliphatic carbocycles. The van der Waals surface area contributed by atoms with E-state index in [1.807, 2.05) is 43.3 Å². The lowest BCUT2D eigenvalue weighted by atomic mass is 10.2. The van der Waals surface area contributed by atoms with Gasteiger partial charge in [-0.15, -0.1) is 0 Å². The van der Waals surface area contributed by atoms with Crippen molar-refractivity contribution in [3.8, 4) is 0 Å². The van der Waals surface area contributed by atoms with Crippen LogP contribution in [0.25, 0.3) is 0 Å². The molecular formula is C14H14INOS. The van der Waals surface area contributed by atoms with Crippen LogP contribution in [-0.4, -0.2) is 4.21 Å². The maximum absolute atomic E-state index is 12.3. The molecular weight excluding hydrogens is 357 g/mol. The van der Waals surface area contributed by atoms with Crippen LogP contribution in [-0.2, 0) is 16.6 Å². The molecule has 94 valence electrons. The van der Waals surface area contributed by atoms with Gasteiger partial charge in [-0.3, -0.25) is 4.21 Å². The fourth-order valence-corrected chi connectivity index (χ4v) is 3.39. The third-order valence-corrected chi connectivity index (χ3v) is 4.92. The van der Waals surface area contributed by atoms with Crippen LogP contribution in [0.3, 0.4) is 0 Å². The molecule has 2 aromatic rings. The minimum Gasteiger partial charge on any atom is -0.399 e. The van der Waals surface area contributed by atoms with E-state index < -0.39 is 10.8 Å². The SMILES string of the molecule is Cc1cc(N)ccc1S(=O)Cc1ccc(I)cc1. The standard InChI is InChI=1S/C14H14INOS/c1-10-8-13(16)6-7-14(10)18(17)9-11-2-4-12(15)5-3-11/h2-8H,9,16H2,1H3. The van der Waals surface area contributed by atoms with Crippen molar-refractivity contribution in [1.82, 2.24) is 0 Å². The zero-order chi connectivity index (χ0) is 13.1. The van der Waals surface area contributed by atoms with Crippen LogP contribution in [0.1, 0.15) is 11.1 Å². The second-order valence-corrected chi connectivity index (χ2v) is 6.81. The highest BCUT2D eigenvalue weighted by atomic mass is 127. The van der Waals surface area contributed by atoms with Crippen LogP contribution in [0.4, 0.5) is 5.69 Å². The monoisotopic (exact) mass is 371 g/mol. The van der Waals surface area contributed by atoms with Gasteiger partial charge in [-0.1, -0.05) is 12.1 Å². The molecule has 0 aliphatic rings. The molecule has 18 heavy (non-hydrogen) atoms. The number of benzene rings is 2. The average molecular weight is 371 g/mol. The van der Waals surface area contributed by atoms with E-state index in [4.69, 9.17) is 5.73 Å². The molecule has 2 nitrogen and oxygen atoms in total. The molecule has 1 unspecified atom stereocenters. The van der Waals surface area contributed by atoms with Gasteiger partial charge in [-0.05, 0) is 71.0 Å². The number of rotatable bonds is 3. The summed E-state index contributed by atoms with van der Waals surface area (Å²) in [7, 11) is -1.02. The van der Waals surface area contributed by atoms with E-state index in [0.717, 1.165) is 16.0 Å². The van der Waals surface area contributed by atoms with Crippen LogP contribution in [0, 0.1) is 10.5 Å². The lowest BCUT2D eigenvalue weighted by molar-refractivity contribution is 0.682. The van der Waals surface area contributed by atoms with E-state index in [1.165, 1.54) is 3.57 Å². The summed E-state index contributed by atoms with van der Waals surface area (Å²) in [4.78, 5) is 0.864. The summed E-state index contributed by atoms with van der Waals surface area (Å²) in [5.41, 5.74) is 8.48. The van der Waals surface area contributed by atoms with Gasteiger partial charge in [0.25, 0.3) is 0 Å². The van der Waals surface area contributed by atoms with Gasteiger partial charge >= 0.3 is 0 Å². The van der Waals surface area contributed by atoms with Gasteiger partial charge in [0.15, 0.2) is 0 Å². The minimum absolute atomic E-state index is 0.543. The number of nitrogens with two attached hydrogens (primary N) is 1. The number of aryl methyl sites for hydroxylation is 1. The van der Waals surface area contributed by atoms with E-state index in [9.17, 15) is 4.21 Å². The Morgan fingerprint density at radius 1 is 1.17 bits per heavy atom. The van der Waals surface area contributed by atoms with Gasteiger partial charge < -0.3 is 5.73 Å². The Balaban J connectivity index is 2.19. The maximum atomic E-state index is 12.3. The normalized spacial score (nSPS) is 12.3. The van der Waals surface area contributed by atoms with Gasteiger partial charge in [-0.25, -0.2) is 0 Å². The smallest absolute Gasteiger partial charge is 0.0576 e. The predicted octanol–water partition coefficient (Wildman–Crippen LogP) is 3.49. The first-order valence-electron chi connectivity index (χ1n) is 5.55. The van der Waals surface area contributed by atoms with Crippen LogP contribution in [0.15, 0.2) is 47.4 Å². The molecule has 2 aromatic carbocycles. The molecule has 0 radical (unpaired) electrons. The highest BCUT2D eigenvalue weighted by Gasteiger charge is 2.08. The van der Waals surface area contributed by atoms with E-state index in [1.54, 1.807) is 6.07 Å². The molecule has 0 aromatic heterocycles. The summed E-state index contributed by atoms with van der Waals surface area (Å²) < 4.78 is 13.5. The van der Waals surface area contributed by atoms with Gasteiger partial charge in [0.05, 0.1) is 16.6 Å². The van der Waals surface area contributed by atoms with Gasteiger partial charge in [0.2, 0.25) is 0 Å². The molecule has 0 spiro atoms. The number of halogens is 1. The molecule has 0 saturated heterocycles. The van der Waals surface area contributed by atoms with Crippen molar-refractivity contribution in [1.29, 1.82) is 0 Å². The molecule has 0 bridgehead atoms. The highest BCUT2D eigenvalue weighted by Crippen LogP contribution is 2.19. The Morgan fingerprint density at radius 3 is 2.44 bits per heavy atom. The Hall–Kier alpha value is -0.880. The van der Waals surface area contributed by atoms with E-state index in [0.29, 0.717) is 11.4 Å². The maximum Gasteiger partial charge on any atom is 0.0576 e. The second-order valence-electron chi connectivity index (χ2n) is 4.14. The first-order valence-corrected chi connectivity index (χ1v) is 7.95. The highest BCUT2D eigenvalue weighted by molar-refractivity contribution is 14.1. The molecule has 0 aliphatic heterocycles. The number of hydrogen-bond acceptors (Lipinski definition) is 2. The molecule has 0 heterocycles. The van der Waals surface area contributed by atoms with Crippen LogP contribution in [0.5, 0.6) is 0 Å². The Bertz CT molecular complexity index is 581. The molecule has 0 amide bonds. The molecule has 2 rings (SSSR count). The lowest BCUT2D eigenvalue weighted by Crippen LogP contribution is -1.99. The van der Waals surface area contributed by atoms with Gasteiger partial charge in [0.1, 0.15) is 0 Å². The third kappa shape index (κ3) is 3.32. The third-order valence-electron chi connectivity index (χ3n) is 2.66. The summed E-state index contributed by atoms with van der Waals surface area (Å²) >= 11 is 2.26. The molecule has 4 heteroatoms. The average Bonchev–Trinajstić information content (AvgIpc) is 2.32.